The van der Waals surface area contributed by atoms with E-state index < -0.39 is 23.7 Å². The average Bonchev–Trinajstić information content (AvgIpc) is 3.14. The van der Waals surface area contributed by atoms with Crippen molar-refractivity contribution in [2.75, 3.05) is 23.3 Å². The minimum atomic E-state index is -4.69. The summed E-state index contributed by atoms with van der Waals surface area (Å²) in [5.74, 6) is -2.23. The fraction of sp³-hybridized carbons (Fsp3) is 0.333. The van der Waals surface area contributed by atoms with Crippen molar-refractivity contribution in [1.82, 2.24) is 19.8 Å². The van der Waals surface area contributed by atoms with Crippen LogP contribution in [0.4, 0.5) is 29.1 Å². The third kappa shape index (κ3) is 4.02. The Bertz CT molecular complexity index is 1100. The summed E-state index contributed by atoms with van der Waals surface area (Å²) >= 11 is 5.73. The van der Waals surface area contributed by atoms with Gasteiger partial charge in [0, 0.05) is 18.8 Å². The predicted octanol–water partition coefficient (Wildman–Crippen LogP) is 3.79. The summed E-state index contributed by atoms with van der Waals surface area (Å²) in [5.41, 5.74) is 0.341. The number of alkyl halides is 3. The topological polar surface area (TPSA) is 75.4 Å². The number of amides is 1. The van der Waals surface area contributed by atoms with Crippen LogP contribution < -0.4 is 10.2 Å². The molecule has 0 saturated carbocycles. The highest BCUT2D eigenvalue weighted by atomic mass is 35.5. The van der Waals surface area contributed by atoms with Crippen LogP contribution in [0.15, 0.2) is 30.3 Å². The highest BCUT2D eigenvalue weighted by molar-refractivity contribution is 6.31. The number of carbonyl (C=O) groups is 1. The second-order valence-electron chi connectivity index (χ2n) is 6.89. The maximum absolute atomic E-state index is 13.3. The van der Waals surface area contributed by atoms with Crippen LogP contribution in [0.5, 0.6) is 0 Å². The zero-order chi connectivity index (χ0) is 21.5. The summed E-state index contributed by atoms with van der Waals surface area (Å²) in [6.07, 6.45) is -3.44. The first kappa shape index (κ1) is 20.3. The van der Waals surface area contributed by atoms with Crippen molar-refractivity contribution in [2.45, 2.75) is 19.0 Å². The summed E-state index contributed by atoms with van der Waals surface area (Å²) in [6, 6.07) is 6.82. The van der Waals surface area contributed by atoms with Crippen LogP contribution in [0, 0.1) is 11.7 Å². The molecule has 30 heavy (non-hydrogen) atoms. The quantitative estimate of drug-likeness (QED) is 0.625. The fourth-order valence-electron chi connectivity index (χ4n) is 3.34. The van der Waals surface area contributed by atoms with E-state index in [1.165, 1.54) is 18.2 Å². The van der Waals surface area contributed by atoms with Crippen molar-refractivity contribution in [3.8, 4) is 0 Å². The number of piperidine rings is 1. The van der Waals surface area contributed by atoms with Crippen molar-refractivity contribution in [3.63, 3.8) is 0 Å². The Hall–Kier alpha value is -2.95. The average molecular weight is 443 g/mol. The molecular formula is C18H15ClF4N6O. The van der Waals surface area contributed by atoms with Crippen LogP contribution in [0.1, 0.15) is 18.7 Å². The van der Waals surface area contributed by atoms with E-state index in [4.69, 9.17) is 11.6 Å². The van der Waals surface area contributed by atoms with Gasteiger partial charge in [-0.25, -0.2) is 4.39 Å². The lowest BCUT2D eigenvalue weighted by Crippen LogP contribution is -2.41. The van der Waals surface area contributed by atoms with Crippen molar-refractivity contribution < 1.29 is 22.4 Å². The van der Waals surface area contributed by atoms with Gasteiger partial charge >= 0.3 is 6.18 Å². The Balaban J connectivity index is 1.52. The zero-order valence-electron chi connectivity index (χ0n) is 15.3. The van der Waals surface area contributed by atoms with E-state index in [9.17, 15) is 22.4 Å². The molecule has 3 aromatic rings. The Morgan fingerprint density at radius 3 is 2.73 bits per heavy atom. The molecule has 0 bridgehead atoms. The number of aromatic nitrogens is 4. The number of hydrogen-bond donors (Lipinski definition) is 1. The Labute approximate surface area is 172 Å². The molecule has 1 N–H and O–H groups in total. The van der Waals surface area contributed by atoms with Crippen molar-refractivity contribution in [1.29, 1.82) is 0 Å². The third-order valence-corrected chi connectivity index (χ3v) is 5.10. The van der Waals surface area contributed by atoms with Crippen LogP contribution in [-0.2, 0) is 11.0 Å². The van der Waals surface area contributed by atoms with E-state index in [1.54, 1.807) is 11.0 Å². The minimum absolute atomic E-state index is 0.0226. The number of fused-ring (bicyclic) bond motifs is 1. The third-order valence-electron chi connectivity index (χ3n) is 4.81. The van der Waals surface area contributed by atoms with Crippen LogP contribution in [0.3, 0.4) is 0 Å². The molecule has 0 aliphatic carbocycles. The van der Waals surface area contributed by atoms with Gasteiger partial charge in [0.25, 0.3) is 5.82 Å². The molecule has 12 heteroatoms. The van der Waals surface area contributed by atoms with E-state index >= 15 is 0 Å². The van der Waals surface area contributed by atoms with E-state index in [1.807, 2.05) is 0 Å². The molecule has 0 radical (unpaired) electrons. The number of benzene rings is 1. The van der Waals surface area contributed by atoms with Crippen molar-refractivity contribution in [2.24, 2.45) is 5.92 Å². The number of rotatable bonds is 3. The lowest BCUT2D eigenvalue weighted by Gasteiger charge is -2.32. The van der Waals surface area contributed by atoms with Crippen molar-refractivity contribution >= 4 is 34.7 Å². The molecule has 4 rings (SSSR count). The summed E-state index contributed by atoms with van der Waals surface area (Å²) in [5, 5.41) is 13.3. The summed E-state index contributed by atoms with van der Waals surface area (Å²) < 4.78 is 53.2. The van der Waals surface area contributed by atoms with Gasteiger partial charge in [0.2, 0.25) is 5.91 Å². The van der Waals surface area contributed by atoms with E-state index in [0.717, 1.165) is 6.07 Å². The smallest absolute Gasteiger partial charge is 0.354 e. The normalized spacial score (nSPS) is 17.4. The van der Waals surface area contributed by atoms with Gasteiger partial charge in [-0.2, -0.15) is 17.7 Å². The van der Waals surface area contributed by atoms with Crippen LogP contribution in [-0.4, -0.2) is 38.8 Å². The largest absolute Gasteiger partial charge is 0.453 e. The van der Waals surface area contributed by atoms with Gasteiger partial charge in [-0.05, 0) is 43.2 Å². The molecule has 1 aliphatic heterocycles. The van der Waals surface area contributed by atoms with Gasteiger partial charge in [0.15, 0.2) is 5.65 Å². The number of nitrogens with zero attached hydrogens (tertiary/aromatic N) is 5. The molecule has 1 amide bonds. The first-order chi connectivity index (χ1) is 14.2. The Kier molecular flexibility index (Phi) is 5.22. The molecule has 3 heterocycles. The number of hydrogen-bond acceptors (Lipinski definition) is 5. The minimum Gasteiger partial charge on any atom is -0.354 e. The fourth-order valence-corrected chi connectivity index (χ4v) is 3.52. The van der Waals surface area contributed by atoms with E-state index in [0.29, 0.717) is 29.6 Å². The SMILES string of the molecule is O=C(Nc1ccc(F)c(Cl)c1)C1CCCN(c2ccc3nnc(C(F)(F)F)n3n2)C1. The van der Waals surface area contributed by atoms with Crippen LogP contribution in [0.2, 0.25) is 5.02 Å². The highest BCUT2D eigenvalue weighted by Crippen LogP contribution is 2.29. The maximum Gasteiger partial charge on any atom is 0.453 e. The van der Waals surface area contributed by atoms with Gasteiger partial charge in [-0.3, -0.25) is 4.79 Å². The molecule has 0 spiro atoms. The van der Waals surface area contributed by atoms with E-state index in [-0.39, 0.29) is 28.9 Å². The van der Waals surface area contributed by atoms with Gasteiger partial charge in [-0.1, -0.05) is 11.6 Å². The predicted molar refractivity (Wildman–Crippen MR) is 101 cm³/mol. The summed E-state index contributed by atoms with van der Waals surface area (Å²) in [7, 11) is 0. The molecule has 1 unspecified atom stereocenters. The standard InChI is InChI=1S/C18H15ClF4N6O/c19-12-8-11(3-4-13(12)20)24-16(30)10-2-1-7-28(9-10)15-6-5-14-25-26-17(18(21,22)23)29(14)27-15/h3-6,8,10H,1-2,7,9H2,(H,24,30). The first-order valence-electron chi connectivity index (χ1n) is 9.03. The molecule has 7 nitrogen and oxygen atoms in total. The van der Waals surface area contributed by atoms with Gasteiger partial charge in [0.1, 0.15) is 11.6 Å². The molecule has 2 aromatic heterocycles. The zero-order valence-corrected chi connectivity index (χ0v) is 16.1. The van der Waals surface area contributed by atoms with Gasteiger partial charge < -0.3 is 10.2 Å². The molecule has 1 saturated heterocycles. The number of carbonyl (C=O) groups excluding carboxylic acids is 1. The van der Waals surface area contributed by atoms with E-state index in [2.05, 4.69) is 20.6 Å². The second kappa shape index (κ2) is 7.71. The second-order valence-corrected chi connectivity index (χ2v) is 7.29. The lowest BCUT2D eigenvalue weighted by atomic mass is 9.97. The maximum atomic E-state index is 13.3. The summed E-state index contributed by atoms with van der Waals surface area (Å²) in [4.78, 5) is 14.4. The van der Waals surface area contributed by atoms with Crippen LogP contribution in [0.25, 0.3) is 5.65 Å². The number of anilines is 2. The summed E-state index contributed by atoms with van der Waals surface area (Å²) in [6.45, 7) is 0.802. The van der Waals surface area contributed by atoms with Crippen LogP contribution >= 0.6 is 11.6 Å². The molecule has 1 aliphatic rings. The molecule has 158 valence electrons. The van der Waals surface area contributed by atoms with Crippen molar-refractivity contribution in [3.05, 3.63) is 47.0 Å². The number of nitrogens with one attached hydrogen (secondary N) is 1. The monoisotopic (exact) mass is 442 g/mol. The molecule has 1 fully saturated rings. The molecule has 1 aromatic carbocycles. The first-order valence-corrected chi connectivity index (χ1v) is 9.40. The highest BCUT2D eigenvalue weighted by Gasteiger charge is 2.38. The Morgan fingerprint density at radius 2 is 2.00 bits per heavy atom. The molecule has 1 atom stereocenters. The Morgan fingerprint density at radius 1 is 1.20 bits per heavy atom. The lowest BCUT2D eigenvalue weighted by molar-refractivity contribution is -0.146. The van der Waals surface area contributed by atoms with Gasteiger partial charge in [0.05, 0.1) is 10.9 Å². The number of halogens is 5. The van der Waals surface area contributed by atoms with Gasteiger partial charge in [-0.15, -0.1) is 15.3 Å². The molecular weight excluding hydrogens is 428 g/mol.